The molecule has 0 aromatic rings. The van der Waals surface area contributed by atoms with Gasteiger partial charge < -0.3 is 16.4 Å². The molecule has 0 aliphatic carbocycles. The number of piperidine rings is 1. The van der Waals surface area contributed by atoms with Crippen molar-refractivity contribution in [3.63, 3.8) is 0 Å². The number of nitrogens with one attached hydrogen (secondary N) is 2. The summed E-state index contributed by atoms with van der Waals surface area (Å²) in [4.78, 5) is 25.5. The molecule has 1 saturated heterocycles. The van der Waals surface area contributed by atoms with E-state index in [0.717, 1.165) is 25.9 Å². The van der Waals surface area contributed by atoms with Crippen molar-refractivity contribution in [2.45, 2.75) is 45.7 Å². The van der Waals surface area contributed by atoms with Gasteiger partial charge in [-0.05, 0) is 18.3 Å². The number of hydrogen-bond acceptors (Lipinski definition) is 4. The summed E-state index contributed by atoms with van der Waals surface area (Å²) >= 11 is 0. The van der Waals surface area contributed by atoms with Crippen LogP contribution in [-0.4, -0.2) is 55.5 Å². The minimum atomic E-state index is -0.494. The summed E-state index contributed by atoms with van der Waals surface area (Å²) in [6, 6.07) is -0.330. The van der Waals surface area contributed by atoms with Crippen LogP contribution in [0.1, 0.15) is 33.6 Å². The van der Waals surface area contributed by atoms with Crippen LogP contribution in [0.5, 0.6) is 0 Å². The molecule has 6 nitrogen and oxygen atoms in total. The Labute approximate surface area is 121 Å². The molecular formula is C14H28N4O2. The fourth-order valence-electron chi connectivity index (χ4n) is 2.20. The van der Waals surface area contributed by atoms with E-state index in [2.05, 4.69) is 15.5 Å². The molecule has 0 aromatic heterocycles. The molecule has 0 bridgehead atoms. The van der Waals surface area contributed by atoms with Crippen LogP contribution in [0.15, 0.2) is 0 Å². The highest BCUT2D eigenvalue weighted by atomic mass is 16.2. The van der Waals surface area contributed by atoms with E-state index in [1.54, 1.807) is 7.05 Å². The zero-order chi connectivity index (χ0) is 15.3. The number of likely N-dealkylation sites (tertiary alicyclic amines) is 1. The Balaban J connectivity index is 2.36. The van der Waals surface area contributed by atoms with Gasteiger partial charge in [-0.2, -0.15) is 0 Å². The van der Waals surface area contributed by atoms with Crippen molar-refractivity contribution in [1.82, 2.24) is 15.5 Å². The molecule has 1 aliphatic rings. The van der Waals surface area contributed by atoms with Crippen LogP contribution in [0.2, 0.25) is 0 Å². The first-order valence-corrected chi connectivity index (χ1v) is 7.23. The van der Waals surface area contributed by atoms with E-state index in [9.17, 15) is 9.59 Å². The molecule has 0 spiro atoms. The first kappa shape index (κ1) is 16.9. The first-order valence-electron chi connectivity index (χ1n) is 7.23. The molecule has 20 heavy (non-hydrogen) atoms. The van der Waals surface area contributed by atoms with Gasteiger partial charge in [0.05, 0.1) is 12.6 Å². The van der Waals surface area contributed by atoms with Gasteiger partial charge in [-0.25, -0.2) is 0 Å². The van der Waals surface area contributed by atoms with Crippen LogP contribution < -0.4 is 16.4 Å². The van der Waals surface area contributed by atoms with E-state index in [0.29, 0.717) is 6.54 Å². The first-order chi connectivity index (χ1) is 9.24. The van der Waals surface area contributed by atoms with Crippen LogP contribution >= 0.6 is 0 Å². The fraction of sp³-hybridized carbons (Fsp3) is 0.857. The van der Waals surface area contributed by atoms with Crippen molar-refractivity contribution in [3.05, 3.63) is 0 Å². The number of carbonyl (C=O) groups is 2. The number of carbonyl (C=O) groups excluding carboxylic acids is 2. The molecule has 1 fully saturated rings. The summed E-state index contributed by atoms with van der Waals surface area (Å²) in [6.07, 6.45) is 1.72. The normalized spacial score (nSPS) is 19.4. The van der Waals surface area contributed by atoms with Gasteiger partial charge in [-0.15, -0.1) is 0 Å². The van der Waals surface area contributed by atoms with Crippen LogP contribution in [0.4, 0.5) is 0 Å². The van der Waals surface area contributed by atoms with Crippen molar-refractivity contribution in [2.24, 2.45) is 11.1 Å². The Hall–Kier alpha value is -1.14. The Morgan fingerprint density at radius 2 is 1.85 bits per heavy atom. The predicted octanol–water partition coefficient (Wildman–Crippen LogP) is -0.314. The van der Waals surface area contributed by atoms with Gasteiger partial charge in [0, 0.05) is 26.2 Å². The maximum Gasteiger partial charge on any atom is 0.237 e. The average Bonchev–Trinajstić information content (AvgIpc) is 2.38. The molecule has 2 amide bonds. The molecule has 1 aliphatic heterocycles. The second-order valence-corrected chi connectivity index (χ2v) is 6.58. The van der Waals surface area contributed by atoms with Crippen LogP contribution in [0, 0.1) is 5.41 Å². The summed E-state index contributed by atoms with van der Waals surface area (Å²) in [5, 5.41) is 5.64. The third-order valence-corrected chi connectivity index (χ3v) is 3.80. The van der Waals surface area contributed by atoms with E-state index >= 15 is 0 Å². The minimum absolute atomic E-state index is 0.0299. The third-order valence-electron chi connectivity index (χ3n) is 3.80. The minimum Gasteiger partial charge on any atom is -0.358 e. The van der Waals surface area contributed by atoms with Crippen molar-refractivity contribution in [1.29, 1.82) is 0 Å². The van der Waals surface area contributed by atoms with Crippen LogP contribution in [0.3, 0.4) is 0 Å². The highest BCUT2D eigenvalue weighted by molar-refractivity contribution is 5.82. The van der Waals surface area contributed by atoms with E-state index in [1.807, 2.05) is 20.8 Å². The smallest absolute Gasteiger partial charge is 0.237 e. The molecule has 4 N–H and O–H groups in total. The lowest BCUT2D eigenvalue weighted by molar-refractivity contribution is -0.126. The monoisotopic (exact) mass is 284 g/mol. The fourth-order valence-corrected chi connectivity index (χ4v) is 2.20. The largest absolute Gasteiger partial charge is 0.358 e. The average molecular weight is 284 g/mol. The summed E-state index contributed by atoms with van der Waals surface area (Å²) in [7, 11) is 1.64. The van der Waals surface area contributed by atoms with Gasteiger partial charge in [-0.3, -0.25) is 14.5 Å². The number of likely N-dealkylation sites (N-methyl/N-ethyl adjacent to an activating group) is 1. The lowest BCUT2D eigenvalue weighted by Gasteiger charge is -2.33. The van der Waals surface area contributed by atoms with Gasteiger partial charge in [-0.1, -0.05) is 20.8 Å². The number of rotatable bonds is 4. The van der Waals surface area contributed by atoms with Gasteiger partial charge in [0.1, 0.15) is 0 Å². The van der Waals surface area contributed by atoms with Gasteiger partial charge >= 0.3 is 0 Å². The quantitative estimate of drug-likeness (QED) is 0.660. The summed E-state index contributed by atoms with van der Waals surface area (Å²) in [6.45, 7) is 7.96. The molecule has 0 unspecified atom stereocenters. The van der Waals surface area contributed by atoms with Crippen molar-refractivity contribution in [2.75, 3.05) is 26.7 Å². The summed E-state index contributed by atoms with van der Waals surface area (Å²) in [5.74, 6) is -0.0514. The number of nitrogens with two attached hydrogens (primary N) is 1. The van der Waals surface area contributed by atoms with E-state index in [4.69, 9.17) is 5.73 Å². The zero-order valence-electron chi connectivity index (χ0n) is 13.0. The van der Waals surface area contributed by atoms with E-state index in [1.165, 1.54) is 0 Å². The van der Waals surface area contributed by atoms with Crippen molar-refractivity contribution < 1.29 is 9.59 Å². The lowest BCUT2D eigenvalue weighted by Crippen LogP contribution is -2.54. The lowest BCUT2D eigenvalue weighted by atomic mass is 9.86. The zero-order valence-corrected chi connectivity index (χ0v) is 13.0. The Morgan fingerprint density at radius 1 is 1.30 bits per heavy atom. The van der Waals surface area contributed by atoms with Gasteiger partial charge in [0.15, 0.2) is 0 Å². The molecule has 6 heteroatoms. The number of amides is 2. The van der Waals surface area contributed by atoms with E-state index < -0.39 is 6.04 Å². The topological polar surface area (TPSA) is 87.5 Å². The van der Waals surface area contributed by atoms with E-state index in [-0.39, 0.29) is 23.3 Å². The van der Waals surface area contributed by atoms with Crippen LogP contribution in [0.25, 0.3) is 0 Å². The molecule has 1 rings (SSSR count). The molecule has 116 valence electrons. The standard InChI is InChI=1S/C14H28N4O2/c1-14(2,3)12(15)13(20)17-10-5-7-18(8-6-10)9-11(19)16-4/h10,12H,5-9,15H2,1-4H3,(H,16,19)(H,17,20)/t12-/m0/s1. The SMILES string of the molecule is CNC(=O)CN1CCC(NC(=O)[C@H](N)C(C)(C)C)CC1. The van der Waals surface area contributed by atoms with Crippen LogP contribution in [-0.2, 0) is 9.59 Å². The maximum atomic E-state index is 12.0. The van der Waals surface area contributed by atoms with Crippen molar-refractivity contribution >= 4 is 11.8 Å². The predicted molar refractivity (Wildman–Crippen MR) is 79.1 cm³/mol. The number of hydrogen-bond donors (Lipinski definition) is 3. The molecule has 1 heterocycles. The van der Waals surface area contributed by atoms with Gasteiger partial charge in [0.25, 0.3) is 0 Å². The second kappa shape index (κ2) is 7.04. The maximum absolute atomic E-state index is 12.0. The molecule has 0 radical (unpaired) electrons. The summed E-state index contributed by atoms with van der Waals surface area (Å²) < 4.78 is 0. The second-order valence-electron chi connectivity index (χ2n) is 6.58. The molecule has 0 aromatic carbocycles. The Bertz CT molecular complexity index is 344. The molecule has 0 saturated carbocycles. The van der Waals surface area contributed by atoms with Crippen molar-refractivity contribution in [3.8, 4) is 0 Å². The number of nitrogens with zero attached hydrogens (tertiary/aromatic N) is 1. The molecular weight excluding hydrogens is 256 g/mol. The molecule has 1 atom stereocenters. The highest BCUT2D eigenvalue weighted by Crippen LogP contribution is 2.18. The highest BCUT2D eigenvalue weighted by Gasteiger charge is 2.30. The van der Waals surface area contributed by atoms with Gasteiger partial charge in [0.2, 0.25) is 11.8 Å². The summed E-state index contributed by atoms with van der Waals surface area (Å²) in [5.41, 5.74) is 5.72. The third kappa shape index (κ3) is 5.09. The Kier molecular flexibility index (Phi) is 5.95. The Morgan fingerprint density at radius 3 is 2.30 bits per heavy atom.